The minimum absolute atomic E-state index is 0.0705. The van der Waals surface area contributed by atoms with Gasteiger partial charge in [-0.15, -0.1) is 0 Å². The lowest BCUT2D eigenvalue weighted by molar-refractivity contribution is 0.00653. The van der Waals surface area contributed by atoms with Crippen molar-refractivity contribution in [2.45, 2.75) is 25.0 Å². The van der Waals surface area contributed by atoms with Crippen molar-refractivity contribution in [3.63, 3.8) is 0 Å². The molecule has 2 aromatic heterocycles. The van der Waals surface area contributed by atoms with Crippen LogP contribution < -0.4 is 5.69 Å². The molecule has 3 aromatic rings. The first-order valence-electron chi connectivity index (χ1n) is 6.88. The van der Waals surface area contributed by atoms with Crippen LogP contribution in [-0.4, -0.2) is 27.7 Å². The molecule has 108 valence electrons. The van der Waals surface area contributed by atoms with E-state index in [2.05, 4.69) is 25.9 Å². The molecule has 2 heterocycles. The van der Waals surface area contributed by atoms with Crippen molar-refractivity contribution in [3.8, 4) is 0 Å². The minimum atomic E-state index is -0.0705. The molecule has 1 aliphatic rings. The summed E-state index contributed by atoms with van der Waals surface area (Å²) in [5.41, 5.74) is 2.54. The monoisotopic (exact) mass is 347 g/mol. The number of hydrogen-bond acceptors (Lipinski definition) is 3. The van der Waals surface area contributed by atoms with Gasteiger partial charge in [0, 0.05) is 23.0 Å². The smallest absolute Gasteiger partial charge is 0.326 e. The van der Waals surface area contributed by atoms with Crippen molar-refractivity contribution >= 4 is 37.9 Å². The van der Waals surface area contributed by atoms with E-state index in [0.29, 0.717) is 0 Å². The van der Waals surface area contributed by atoms with Crippen molar-refractivity contribution < 1.29 is 4.74 Å². The van der Waals surface area contributed by atoms with Crippen LogP contribution in [0, 0.1) is 0 Å². The van der Waals surface area contributed by atoms with E-state index >= 15 is 0 Å². The van der Waals surface area contributed by atoms with Crippen LogP contribution in [0.2, 0.25) is 0 Å². The Kier molecular flexibility index (Phi) is 2.90. The molecular weight excluding hydrogens is 334 g/mol. The minimum Gasteiger partial charge on any atom is -0.381 e. The van der Waals surface area contributed by atoms with Crippen molar-refractivity contribution in [3.05, 3.63) is 39.4 Å². The number of rotatable bonds is 2. The number of aromatic nitrogens is 3. The second-order valence-electron chi connectivity index (χ2n) is 5.47. The van der Waals surface area contributed by atoms with Crippen LogP contribution in [0.4, 0.5) is 0 Å². The topological polar surface area (TPSA) is 59.9 Å². The fourth-order valence-electron chi connectivity index (χ4n) is 3.07. The van der Waals surface area contributed by atoms with Crippen LogP contribution in [0.5, 0.6) is 0 Å². The van der Waals surface area contributed by atoms with Crippen LogP contribution in [0.25, 0.3) is 21.9 Å². The Hall–Kier alpha value is -1.66. The van der Waals surface area contributed by atoms with Gasteiger partial charge < -0.3 is 9.72 Å². The molecule has 0 bridgehead atoms. The molecule has 0 atom stereocenters. The highest BCUT2D eigenvalue weighted by molar-refractivity contribution is 9.10. The van der Waals surface area contributed by atoms with Crippen LogP contribution in [0.15, 0.2) is 33.7 Å². The number of pyridine rings is 1. The van der Waals surface area contributed by atoms with Gasteiger partial charge in [0.25, 0.3) is 0 Å². The van der Waals surface area contributed by atoms with Gasteiger partial charge in [0.05, 0.1) is 28.9 Å². The summed E-state index contributed by atoms with van der Waals surface area (Å²) in [6.45, 7) is 0. The molecule has 1 fully saturated rings. The molecule has 0 spiro atoms. The van der Waals surface area contributed by atoms with Crippen molar-refractivity contribution in [2.75, 3.05) is 7.11 Å². The molecule has 6 heteroatoms. The first kappa shape index (κ1) is 13.0. The van der Waals surface area contributed by atoms with Gasteiger partial charge in [0.1, 0.15) is 0 Å². The van der Waals surface area contributed by atoms with E-state index < -0.39 is 0 Å². The zero-order chi connectivity index (χ0) is 14.6. The molecule has 0 radical (unpaired) electrons. The zero-order valence-electron chi connectivity index (χ0n) is 11.5. The van der Waals surface area contributed by atoms with Crippen LogP contribution in [-0.2, 0) is 4.74 Å². The molecule has 0 saturated heterocycles. The van der Waals surface area contributed by atoms with Gasteiger partial charge in [0.2, 0.25) is 0 Å². The van der Waals surface area contributed by atoms with Crippen LogP contribution in [0.3, 0.4) is 0 Å². The number of nitrogens with zero attached hydrogens (tertiary/aromatic N) is 2. The standard InChI is InChI=1S/C15H14BrN3O2/c1-21-10-5-9(6-10)19-14-11-4-8(16)2-3-12(11)17-7-13(14)18-15(19)20/h2-4,7,9-10H,5-6H2,1H3,(H,18,20)/t9-,10+. The summed E-state index contributed by atoms with van der Waals surface area (Å²) in [6.07, 6.45) is 3.74. The lowest BCUT2D eigenvalue weighted by atomic mass is 9.89. The molecule has 1 aromatic carbocycles. The maximum absolute atomic E-state index is 12.3. The maximum atomic E-state index is 12.3. The first-order valence-corrected chi connectivity index (χ1v) is 7.68. The summed E-state index contributed by atoms with van der Waals surface area (Å²) < 4.78 is 8.17. The first-order chi connectivity index (χ1) is 10.2. The Morgan fingerprint density at radius 1 is 1.43 bits per heavy atom. The van der Waals surface area contributed by atoms with Crippen LogP contribution >= 0.6 is 15.9 Å². The normalized spacial score (nSPS) is 21.8. The van der Waals surface area contributed by atoms with E-state index in [0.717, 1.165) is 39.3 Å². The van der Waals surface area contributed by atoms with Crippen molar-refractivity contribution in [1.29, 1.82) is 0 Å². The summed E-state index contributed by atoms with van der Waals surface area (Å²) in [7, 11) is 1.72. The van der Waals surface area contributed by atoms with E-state index in [9.17, 15) is 4.79 Å². The molecule has 0 unspecified atom stereocenters. The summed E-state index contributed by atoms with van der Waals surface area (Å²) in [5.74, 6) is 0. The molecule has 1 N–H and O–H groups in total. The number of imidazole rings is 1. The molecule has 0 amide bonds. The largest absolute Gasteiger partial charge is 0.381 e. The molecular formula is C15H14BrN3O2. The lowest BCUT2D eigenvalue weighted by Gasteiger charge is -2.34. The van der Waals surface area contributed by atoms with E-state index in [4.69, 9.17) is 4.74 Å². The van der Waals surface area contributed by atoms with Gasteiger partial charge in [-0.05, 0) is 31.0 Å². The summed E-state index contributed by atoms with van der Waals surface area (Å²) >= 11 is 3.49. The third-order valence-corrected chi connectivity index (χ3v) is 4.76. The molecule has 5 nitrogen and oxygen atoms in total. The predicted octanol–water partition coefficient (Wildman–Crippen LogP) is 2.99. The number of fused-ring (bicyclic) bond motifs is 3. The number of hydrogen-bond donors (Lipinski definition) is 1. The Balaban J connectivity index is 1.99. The molecule has 1 aliphatic carbocycles. The number of halogens is 1. The SMILES string of the molecule is CO[C@H]1C[C@@H](n2c(=O)[nH]c3cnc4ccc(Br)cc4c32)C1. The summed E-state index contributed by atoms with van der Waals surface area (Å²) in [6, 6.07) is 6.13. The lowest BCUT2D eigenvalue weighted by Crippen LogP contribution is -2.36. The summed E-state index contributed by atoms with van der Waals surface area (Å²) in [5, 5.41) is 0.987. The van der Waals surface area contributed by atoms with Gasteiger partial charge in [-0.1, -0.05) is 15.9 Å². The zero-order valence-corrected chi connectivity index (χ0v) is 13.1. The molecule has 4 rings (SSSR count). The molecule has 1 saturated carbocycles. The third kappa shape index (κ3) is 1.93. The van der Waals surface area contributed by atoms with E-state index in [-0.39, 0.29) is 17.8 Å². The van der Waals surface area contributed by atoms with Gasteiger partial charge >= 0.3 is 5.69 Å². The number of aromatic amines is 1. The van der Waals surface area contributed by atoms with Gasteiger partial charge in [0.15, 0.2) is 0 Å². The molecule has 0 aliphatic heterocycles. The Labute approximate surface area is 129 Å². The fourth-order valence-corrected chi connectivity index (χ4v) is 3.43. The molecule has 21 heavy (non-hydrogen) atoms. The number of methoxy groups -OCH3 is 1. The highest BCUT2D eigenvalue weighted by Crippen LogP contribution is 2.36. The van der Waals surface area contributed by atoms with Gasteiger partial charge in [-0.3, -0.25) is 9.55 Å². The number of nitrogens with one attached hydrogen (secondary N) is 1. The number of benzene rings is 1. The third-order valence-electron chi connectivity index (χ3n) is 4.27. The van der Waals surface area contributed by atoms with Gasteiger partial charge in [-0.25, -0.2) is 4.79 Å². The second kappa shape index (κ2) is 4.68. The Bertz CT molecular complexity index is 893. The van der Waals surface area contributed by atoms with E-state index in [1.54, 1.807) is 13.3 Å². The number of H-pyrrole nitrogens is 1. The van der Waals surface area contributed by atoms with Crippen molar-refractivity contribution in [2.24, 2.45) is 0 Å². The maximum Gasteiger partial charge on any atom is 0.326 e. The van der Waals surface area contributed by atoms with E-state index in [1.807, 2.05) is 22.8 Å². The average molecular weight is 348 g/mol. The van der Waals surface area contributed by atoms with Crippen molar-refractivity contribution in [1.82, 2.24) is 14.5 Å². The Morgan fingerprint density at radius 3 is 3.00 bits per heavy atom. The highest BCUT2D eigenvalue weighted by atomic mass is 79.9. The highest BCUT2D eigenvalue weighted by Gasteiger charge is 2.33. The van der Waals surface area contributed by atoms with Crippen LogP contribution in [0.1, 0.15) is 18.9 Å². The quantitative estimate of drug-likeness (QED) is 0.775. The summed E-state index contributed by atoms with van der Waals surface area (Å²) in [4.78, 5) is 19.6. The van der Waals surface area contributed by atoms with E-state index in [1.165, 1.54) is 0 Å². The average Bonchev–Trinajstić information content (AvgIpc) is 2.75. The second-order valence-corrected chi connectivity index (χ2v) is 6.38. The predicted molar refractivity (Wildman–Crippen MR) is 84.6 cm³/mol. The Morgan fingerprint density at radius 2 is 2.24 bits per heavy atom. The fraction of sp³-hybridized carbons (Fsp3) is 0.333. The number of ether oxygens (including phenoxy) is 1. The van der Waals surface area contributed by atoms with Gasteiger partial charge in [-0.2, -0.15) is 0 Å².